The Kier molecular flexibility index (Phi) is 3.69. The summed E-state index contributed by atoms with van der Waals surface area (Å²) in [6.45, 7) is 8.19. The van der Waals surface area contributed by atoms with Gasteiger partial charge in [0.15, 0.2) is 5.78 Å². The zero-order valence-electron chi connectivity index (χ0n) is 15.5. The number of benzene rings is 2. The van der Waals surface area contributed by atoms with Crippen LogP contribution in [0.15, 0.2) is 47.5 Å². The van der Waals surface area contributed by atoms with Gasteiger partial charge in [-0.05, 0) is 72.7 Å². The van der Waals surface area contributed by atoms with Gasteiger partial charge in [0, 0.05) is 6.42 Å². The van der Waals surface area contributed by atoms with Gasteiger partial charge in [-0.1, -0.05) is 30.3 Å². The molecule has 1 aliphatic carbocycles. The number of fused-ring (bicyclic) bond motifs is 1. The topological polar surface area (TPSA) is 46.2 Å². The molecule has 0 atom stereocenters. The molecule has 4 rings (SSSR count). The summed E-state index contributed by atoms with van der Waals surface area (Å²) in [6.07, 6.45) is 0.287. The third-order valence-electron chi connectivity index (χ3n) is 5.53. The number of nitrogens with one attached hydrogen (secondary N) is 1. The van der Waals surface area contributed by atoms with Crippen LogP contribution >= 0.6 is 0 Å². The Balaban J connectivity index is 1.90. The Morgan fingerprint density at radius 2 is 1.31 bits per heavy atom. The zero-order chi connectivity index (χ0) is 18.6. The van der Waals surface area contributed by atoms with Gasteiger partial charge in [-0.2, -0.15) is 0 Å². The zero-order valence-corrected chi connectivity index (χ0v) is 15.5. The molecule has 1 heterocycles. The van der Waals surface area contributed by atoms with Crippen molar-refractivity contribution in [3.05, 3.63) is 80.9 Å². The number of amides is 1. The first-order valence-corrected chi connectivity index (χ1v) is 8.84. The predicted octanol–water partition coefficient (Wildman–Crippen LogP) is 4.19. The largest absolute Gasteiger partial charge is 0.321 e. The Bertz CT molecular complexity index is 968. The van der Waals surface area contributed by atoms with Crippen molar-refractivity contribution < 1.29 is 9.59 Å². The molecule has 3 heteroatoms. The number of ketones is 1. The van der Waals surface area contributed by atoms with Crippen LogP contribution in [0.25, 0.3) is 11.3 Å². The molecule has 0 bridgehead atoms. The summed E-state index contributed by atoms with van der Waals surface area (Å²) in [5.41, 5.74) is 9.12. The maximum Gasteiger partial charge on any atom is 0.256 e. The predicted molar refractivity (Wildman–Crippen MR) is 103 cm³/mol. The van der Waals surface area contributed by atoms with E-state index in [2.05, 4.69) is 18.3 Å². The molecule has 0 aromatic heterocycles. The van der Waals surface area contributed by atoms with Crippen molar-refractivity contribution in [2.45, 2.75) is 34.1 Å². The molecule has 3 nitrogen and oxygen atoms in total. The molecule has 0 spiro atoms. The fourth-order valence-electron chi connectivity index (χ4n) is 3.67. The second-order valence-electron chi connectivity index (χ2n) is 7.26. The van der Waals surface area contributed by atoms with E-state index in [4.69, 9.17) is 0 Å². The van der Waals surface area contributed by atoms with Gasteiger partial charge in [0.25, 0.3) is 5.91 Å². The maximum absolute atomic E-state index is 12.8. The molecule has 26 heavy (non-hydrogen) atoms. The molecule has 0 fully saturated rings. The van der Waals surface area contributed by atoms with Gasteiger partial charge in [0.2, 0.25) is 0 Å². The van der Waals surface area contributed by atoms with Crippen molar-refractivity contribution >= 4 is 23.0 Å². The number of rotatable bonds is 2. The van der Waals surface area contributed by atoms with Gasteiger partial charge >= 0.3 is 0 Å². The second-order valence-corrected chi connectivity index (χ2v) is 7.26. The molecule has 1 amide bonds. The van der Waals surface area contributed by atoms with E-state index in [1.165, 1.54) is 11.1 Å². The number of hydrogen-bond donors (Lipinski definition) is 1. The number of carbonyl (C=O) groups excluding carboxylic acids is 2. The standard InChI is InChI=1S/C23H21NO2/c1-12-5-7-16(9-14(12)3)18-11-19(25)21-20(18)23(26)24-22(21)17-8-6-13(2)15(4)10-17/h5-10H,11H2,1-4H3,(H,24,26). The SMILES string of the molecule is Cc1ccc(C2=C3C(=O)NC(c4ccc(C)c(C)c4)=C3C(=O)C2)cc1C. The molecular formula is C23H21NO2. The van der Waals surface area contributed by atoms with Crippen LogP contribution in [0.3, 0.4) is 0 Å². The number of allylic oxidation sites excluding steroid dienone is 1. The van der Waals surface area contributed by atoms with Crippen molar-refractivity contribution in [1.82, 2.24) is 5.32 Å². The summed E-state index contributed by atoms with van der Waals surface area (Å²) >= 11 is 0. The van der Waals surface area contributed by atoms with E-state index in [9.17, 15) is 9.59 Å². The number of carbonyl (C=O) groups is 2. The first-order chi connectivity index (χ1) is 12.4. The lowest BCUT2D eigenvalue weighted by Gasteiger charge is -2.09. The van der Waals surface area contributed by atoms with Crippen molar-refractivity contribution in [1.29, 1.82) is 0 Å². The van der Waals surface area contributed by atoms with Gasteiger partial charge in [0.05, 0.1) is 16.8 Å². The van der Waals surface area contributed by atoms with E-state index in [0.29, 0.717) is 16.8 Å². The van der Waals surface area contributed by atoms with Gasteiger partial charge in [-0.25, -0.2) is 0 Å². The van der Waals surface area contributed by atoms with E-state index in [-0.39, 0.29) is 18.1 Å². The highest BCUT2D eigenvalue weighted by Gasteiger charge is 2.40. The molecule has 0 radical (unpaired) electrons. The summed E-state index contributed by atoms with van der Waals surface area (Å²) < 4.78 is 0. The number of hydrogen-bond acceptors (Lipinski definition) is 2. The Hall–Kier alpha value is -2.94. The van der Waals surface area contributed by atoms with Crippen LogP contribution in [-0.2, 0) is 9.59 Å². The minimum Gasteiger partial charge on any atom is -0.321 e. The Morgan fingerprint density at radius 3 is 1.92 bits per heavy atom. The number of Topliss-reactive ketones (excluding diaryl/α,β-unsaturated/α-hetero) is 1. The average molecular weight is 343 g/mol. The molecule has 0 saturated heterocycles. The molecule has 2 aromatic carbocycles. The summed E-state index contributed by atoms with van der Waals surface area (Å²) in [6, 6.07) is 12.1. The molecule has 130 valence electrons. The van der Waals surface area contributed by atoms with Crippen LogP contribution in [0, 0.1) is 27.7 Å². The maximum atomic E-state index is 12.8. The monoisotopic (exact) mass is 343 g/mol. The first-order valence-electron chi connectivity index (χ1n) is 8.84. The lowest BCUT2D eigenvalue weighted by molar-refractivity contribution is -0.116. The lowest BCUT2D eigenvalue weighted by atomic mass is 9.97. The van der Waals surface area contributed by atoms with Gasteiger partial charge in [0.1, 0.15) is 0 Å². The quantitative estimate of drug-likeness (QED) is 0.889. The summed E-state index contributed by atoms with van der Waals surface area (Å²) in [5.74, 6) is -0.160. The van der Waals surface area contributed by atoms with E-state index >= 15 is 0 Å². The molecule has 1 aliphatic heterocycles. The van der Waals surface area contributed by atoms with Crippen LogP contribution < -0.4 is 5.32 Å². The molecular weight excluding hydrogens is 322 g/mol. The fourth-order valence-corrected chi connectivity index (χ4v) is 3.67. The molecule has 2 aromatic rings. The smallest absolute Gasteiger partial charge is 0.256 e. The van der Waals surface area contributed by atoms with Gasteiger partial charge in [-0.15, -0.1) is 0 Å². The third-order valence-corrected chi connectivity index (χ3v) is 5.53. The molecule has 0 unspecified atom stereocenters. The normalized spacial score (nSPS) is 16.5. The second kappa shape index (κ2) is 5.80. The third kappa shape index (κ3) is 2.43. The highest BCUT2D eigenvalue weighted by atomic mass is 16.2. The van der Waals surface area contributed by atoms with E-state index in [0.717, 1.165) is 27.8 Å². The van der Waals surface area contributed by atoms with Crippen molar-refractivity contribution in [3.8, 4) is 0 Å². The summed E-state index contributed by atoms with van der Waals surface area (Å²) in [7, 11) is 0. The molecule has 1 N–H and O–H groups in total. The van der Waals surface area contributed by atoms with Crippen molar-refractivity contribution in [2.24, 2.45) is 0 Å². The highest BCUT2D eigenvalue weighted by Crippen LogP contribution is 2.42. The molecule has 0 saturated carbocycles. The van der Waals surface area contributed by atoms with Gasteiger partial charge < -0.3 is 5.32 Å². The summed E-state index contributed by atoms with van der Waals surface area (Å²) in [5, 5.41) is 2.94. The van der Waals surface area contributed by atoms with Crippen LogP contribution in [0.4, 0.5) is 0 Å². The van der Waals surface area contributed by atoms with Gasteiger partial charge in [-0.3, -0.25) is 9.59 Å². The minimum atomic E-state index is -0.174. The van der Waals surface area contributed by atoms with Crippen molar-refractivity contribution in [3.63, 3.8) is 0 Å². The fraction of sp³-hybridized carbons (Fsp3) is 0.217. The highest BCUT2D eigenvalue weighted by molar-refractivity contribution is 6.31. The minimum absolute atomic E-state index is 0.0137. The van der Waals surface area contributed by atoms with E-state index in [1.54, 1.807) is 0 Å². The van der Waals surface area contributed by atoms with E-state index < -0.39 is 0 Å². The first kappa shape index (κ1) is 16.5. The van der Waals surface area contributed by atoms with Crippen LogP contribution in [0.2, 0.25) is 0 Å². The van der Waals surface area contributed by atoms with Crippen LogP contribution in [-0.4, -0.2) is 11.7 Å². The lowest BCUT2D eigenvalue weighted by Crippen LogP contribution is -2.16. The Labute approximate surface area is 153 Å². The van der Waals surface area contributed by atoms with E-state index in [1.807, 2.05) is 51.1 Å². The van der Waals surface area contributed by atoms with Crippen LogP contribution in [0.1, 0.15) is 39.8 Å². The molecule has 2 aliphatic rings. The summed E-state index contributed by atoms with van der Waals surface area (Å²) in [4.78, 5) is 25.5. The van der Waals surface area contributed by atoms with Crippen molar-refractivity contribution in [2.75, 3.05) is 0 Å². The Morgan fingerprint density at radius 1 is 0.731 bits per heavy atom. The van der Waals surface area contributed by atoms with Crippen LogP contribution in [0.5, 0.6) is 0 Å². The average Bonchev–Trinajstić information content (AvgIpc) is 3.12. The number of aryl methyl sites for hydroxylation is 4.